The van der Waals surface area contributed by atoms with E-state index in [1.54, 1.807) is 24.3 Å². The molecule has 3 aromatic rings. The molecular weight excluding hydrogens is 542 g/mol. The highest BCUT2D eigenvalue weighted by Gasteiger charge is 2.42. The molecule has 2 aromatic carbocycles. The van der Waals surface area contributed by atoms with E-state index in [-0.39, 0.29) is 11.4 Å². The van der Waals surface area contributed by atoms with E-state index < -0.39 is 17.4 Å². The van der Waals surface area contributed by atoms with Gasteiger partial charge in [-0.3, -0.25) is 4.79 Å². The number of amides is 1. The number of pyridine rings is 1. The summed E-state index contributed by atoms with van der Waals surface area (Å²) in [5, 5.41) is 13.9. The van der Waals surface area contributed by atoms with Gasteiger partial charge in [-0.15, -0.1) is 0 Å². The zero-order chi connectivity index (χ0) is 29.6. The molecule has 218 valence electrons. The van der Waals surface area contributed by atoms with Crippen LogP contribution in [0.4, 0.5) is 0 Å². The van der Waals surface area contributed by atoms with E-state index in [2.05, 4.69) is 10.2 Å². The van der Waals surface area contributed by atoms with Gasteiger partial charge in [-0.05, 0) is 81.7 Å². The van der Waals surface area contributed by atoms with Gasteiger partial charge in [-0.25, -0.2) is 9.78 Å². The smallest absolute Gasteiger partial charge is 0.331 e. The molecule has 0 saturated heterocycles. The standard InChI is InChI=1S/C32H38ClN3O5/c1-21-23(10-8-11-27(21)37)24-13-15-26(30(38)35-32(31(39)40-4)16-6-5-7-17-32)34-29(24)22-12-14-25(33)28(20-22)41-19-9-18-36(2)3/h8,10-15,20,37H,5-7,9,16-19H2,1-4H3,(H,35,38). The van der Waals surface area contributed by atoms with Crippen molar-refractivity contribution < 1.29 is 24.2 Å². The molecule has 41 heavy (non-hydrogen) atoms. The van der Waals surface area contributed by atoms with Gasteiger partial charge in [0.2, 0.25) is 0 Å². The minimum absolute atomic E-state index is 0.161. The number of phenols is 1. The first-order valence-corrected chi connectivity index (χ1v) is 14.3. The van der Waals surface area contributed by atoms with E-state index in [0.29, 0.717) is 47.0 Å². The molecule has 1 saturated carbocycles. The normalized spacial score (nSPS) is 14.5. The molecule has 1 aliphatic rings. The Morgan fingerprint density at radius 1 is 1.07 bits per heavy atom. The van der Waals surface area contributed by atoms with Gasteiger partial charge in [-0.2, -0.15) is 0 Å². The van der Waals surface area contributed by atoms with E-state index in [1.807, 2.05) is 45.3 Å². The van der Waals surface area contributed by atoms with Crippen LogP contribution in [-0.4, -0.2) is 66.8 Å². The Bertz CT molecular complexity index is 1400. The molecule has 0 radical (unpaired) electrons. The van der Waals surface area contributed by atoms with Crippen molar-refractivity contribution in [2.45, 2.75) is 51.0 Å². The van der Waals surface area contributed by atoms with Crippen LogP contribution < -0.4 is 10.1 Å². The van der Waals surface area contributed by atoms with Crippen molar-refractivity contribution in [3.05, 3.63) is 64.8 Å². The molecule has 1 aromatic heterocycles. The Balaban J connectivity index is 1.75. The molecule has 1 heterocycles. The largest absolute Gasteiger partial charge is 0.508 e. The van der Waals surface area contributed by atoms with Gasteiger partial charge in [-0.1, -0.05) is 49.1 Å². The number of aromatic nitrogens is 1. The van der Waals surface area contributed by atoms with E-state index in [9.17, 15) is 14.7 Å². The number of esters is 1. The van der Waals surface area contributed by atoms with Gasteiger partial charge in [0, 0.05) is 17.7 Å². The van der Waals surface area contributed by atoms with E-state index in [4.69, 9.17) is 26.1 Å². The minimum atomic E-state index is -1.07. The fourth-order valence-electron chi connectivity index (χ4n) is 5.27. The van der Waals surface area contributed by atoms with Crippen LogP contribution in [0.1, 0.15) is 54.6 Å². The van der Waals surface area contributed by atoms with Crippen LogP contribution in [0.25, 0.3) is 22.4 Å². The number of aromatic hydroxyl groups is 1. The number of nitrogens with one attached hydrogen (secondary N) is 1. The summed E-state index contributed by atoms with van der Waals surface area (Å²) >= 11 is 6.48. The molecule has 4 rings (SSSR count). The van der Waals surface area contributed by atoms with Crippen molar-refractivity contribution >= 4 is 23.5 Å². The van der Waals surface area contributed by atoms with Crippen LogP contribution >= 0.6 is 11.6 Å². The second-order valence-electron chi connectivity index (χ2n) is 10.8. The molecule has 1 fully saturated rings. The van der Waals surface area contributed by atoms with Gasteiger partial charge in [0.15, 0.2) is 0 Å². The Morgan fingerprint density at radius 3 is 2.54 bits per heavy atom. The molecule has 9 heteroatoms. The Labute approximate surface area is 246 Å². The molecule has 0 spiro atoms. The molecule has 2 N–H and O–H groups in total. The average Bonchev–Trinajstić information content (AvgIpc) is 2.97. The molecule has 1 aliphatic carbocycles. The fourth-order valence-corrected chi connectivity index (χ4v) is 5.45. The molecular formula is C32H38ClN3O5. The van der Waals surface area contributed by atoms with Gasteiger partial charge < -0.3 is 24.8 Å². The highest BCUT2D eigenvalue weighted by molar-refractivity contribution is 6.32. The fraction of sp³-hybridized carbons (Fsp3) is 0.406. The number of phenolic OH excluding ortho intramolecular Hbond substituents is 1. The second kappa shape index (κ2) is 13.4. The summed E-state index contributed by atoms with van der Waals surface area (Å²) in [7, 11) is 5.36. The molecule has 1 amide bonds. The van der Waals surface area contributed by atoms with Crippen LogP contribution in [0, 0.1) is 6.92 Å². The van der Waals surface area contributed by atoms with Gasteiger partial charge in [0.1, 0.15) is 22.7 Å². The summed E-state index contributed by atoms with van der Waals surface area (Å²) in [5.41, 5.74) is 2.52. The summed E-state index contributed by atoms with van der Waals surface area (Å²) in [5.74, 6) is -0.211. The van der Waals surface area contributed by atoms with Crippen LogP contribution in [0.2, 0.25) is 5.02 Å². The van der Waals surface area contributed by atoms with Crippen molar-refractivity contribution in [2.75, 3.05) is 34.4 Å². The molecule has 0 aliphatic heterocycles. The van der Waals surface area contributed by atoms with Crippen LogP contribution in [0.15, 0.2) is 48.5 Å². The minimum Gasteiger partial charge on any atom is -0.508 e. The Morgan fingerprint density at radius 2 is 1.83 bits per heavy atom. The first kappa shape index (κ1) is 30.3. The third-order valence-corrected chi connectivity index (χ3v) is 7.88. The number of hydrogen-bond acceptors (Lipinski definition) is 7. The second-order valence-corrected chi connectivity index (χ2v) is 11.2. The summed E-state index contributed by atoms with van der Waals surface area (Å²) < 4.78 is 11.1. The first-order chi connectivity index (χ1) is 19.6. The van der Waals surface area contributed by atoms with Gasteiger partial charge in [0.25, 0.3) is 5.91 Å². The summed E-state index contributed by atoms with van der Waals surface area (Å²) in [6.45, 7) is 3.20. The SMILES string of the molecule is COC(=O)C1(NC(=O)c2ccc(-c3cccc(O)c3C)c(-c3ccc(Cl)c(OCCCN(C)C)c3)n2)CCCCC1. The summed E-state index contributed by atoms with van der Waals surface area (Å²) in [6, 6.07) is 14.2. The van der Waals surface area contributed by atoms with Crippen LogP contribution in [0.5, 0.6) is 11.5 Å². The lowest BCUT2D eigenvalue weighted by atomic mass is 9.81. The van der Waals surface area contributed by atoms with Crippen LogP contribution in [0.3, 0.4) is 0 Å². The van der Waals surface area contributed by atoms with E-state index in [1.165, 1.54) is 7.11 Å². The lowest BCUT2D eigenvalue weighted by Gasteiger charge is -2.35. The zero-order valence-electron chi connectivity index (χ0n) is 24.1. The molecule has 8 nitrogen and oxygen atoms in total. The van der Waals surface area contributed by atoms with E-state index in [0.717, 1.165) is 43.4 Å². The predicted octanol–water partition coefficient (Wildman–Crippen LogP) is 6.02. The van der Waals surface area contributed by atoms with Crippen molar-refractivity contribution in [3.63, 3.8) is 0 Å². The lowest BCUT2D eigenvalue weighted by Crippen LogP contribution is -2.56. The van der Waals surface area contributed by atoms with Gasteiger partial charge >= 0.3 is 5.97 Å². The lowest BCUT2D eigenvalue weighted by molar-refractivity contribution is -0.149. The molecule has 0 atom stereocenters. The number of carbonyl (C=O) groups excluding carboxylic acids is 2. The molecule has 0 bridgehead atoms. The quantitative estimate of drug-likeness (QED) is 0.224. The third-order valence-electron chi connectivity index (χ3n) is 7.57. The van der Waals surface area contributed by atoms with Crippen molar-refractivity contribution in [1.82, 2.24) is 15.2 Å². The van der Waals surface area contributed by atoms with E-state index >= 15 is 0 Å². The maximum absolute atomic E-state index is 13.6. The van der Waals surface area contributed by atoms with Gasteiger partial charge in [0.05, 0.1) is 24.4 Å². The maximum atomic E-state index is 13.6. The Hall–Kier alpha value is -3.62. The number of rotatable bonds is 10. The first-order valence-electron chi connectivity index (χ1n) is 13.9. The Kier molecular flexibility index (Phi) is 9.89. The van der Waals surface area contributed by atoms with Crippen molar-refractivity contribution in [3.8, 4) is 33.9 Å². The number of ether oxygens (including phenoxy) is 2. The number of methoxy groups -OCH3 is 1. The highest BCUT2D eigenvalue weighted by Crippen LogP contribution is 2.38. The van der Waals surface area contributed by atoms with Crippen molar-refractivity contribution in [2.24, 2.45) is 0 Å². The summed E-state index contributed by atoms with van der Waals surface area (Å²) in [6.07, 6.45) is 4.52. The monoisotopic (exact) mass is 579 g/mol. The maximum Gasteiger partial charge on any atom is 0.331 e. The predicted molar refractivity (Wildman–Crippen MR) is 160 cm³/mol. The third kappa shape index (κ3) is 7.00. The zero-order valence-corrected chi connectivity index (χ0v) is 24.9. The topological polar surface area (TPSA) is 101 Å². The number of halogens is 1. The molecule has 0 unspecified atom stereocenters. The number of hydrogen-bond donors (Lipinski definition) is 2. The highest BCUT2D eigenvalue weighted by atomic mass is 35.5. The number of nitrogens with zero attached hydrogens (tertiary/aromatic N) is 2. The average molecular weight is 580 g/mol. The number of carbonyl (C=O) groups is 2. The number of benzene rings is 2. The van der Waals surface area contributed by atoms with Crippen LogP contribution in [-0.2, 0) is 9.53 Å². The summed E-state index contributed by atoms with van der Waals surface area (Å²) in [4.78, 5) is 33.2. The van der Waals surface area contributed by atoms with Crippen molar-refractivity contribution in [1.29, 1.82) is 0 Å².